The predicted octanol–water partition coefficient (Wildman–Crippen LogP) is 6.66. The molecule has 0 radical (unpaired) electrons. The lowest BCUT2D eigenvalue weighted by molar-refractivity contribution is 0.00578. The number of aromatic nitrogens is 2. The van der Waals surface area contributed by atoms with Crippen LogP contribution in [-0.4, -0.2) is 27.9 Å². The minimum absolute atomic E-state index is 0.371. The van der Waals surface area contributed by atoms with E-state index in [0.717, 1.165) is 44.7 Å². The molecule has 0 spiro atoms. The van der Waals surface area contributed by atoms with E-state index in [2.05, 4.69) is 123 Å². The van der Waals surface area contributed by atoms with E-state index >= 15 is 0 Å². The molecule has 4 aromatic carbocycles. The van der Waals surface area contributed by atoms with Crippen molar-refractivity contribution < 1.29 is 9.31 Å². The first-order chi connectivity index (χ1) is 17.3. The van der Waals surface area contributed by atoms with Gasteiger partial charge in [0, 0.05) is 11.3 Å². The molecule has 1 aliphatic rings. The van der Waals surface area contributed by atoms with Crippen LogP contribution in [0.4, 0.5) is 0 Å². The van der Waals surface area contributed by atoms with E-state index in [1.807, 2.05) is 12.1 Å². The standard InChI is InChI=1S/C31H29BN2O2/c1-30(2)31(3,4)36-32(35-30)25-16-10-14-23(20-25)24-15-11-17-26(21-24)34-28-19-9-8-18-27(28)33-29(34)22-12-6-5-7-13-22/h5-21H,1-4H3. The Morgan fingerprint density at radius 2 is 1.25 bits per heavy atom. The topological polar surface area (TPSA) is 36.3 Å². The smallest absolute Gasteiger partial charge is 0.399 e. The monoisotopic (exact) mass is 472 g/mol. The van der Waals surface area contributed by atoms with E-state index < -0.39 is 0 Å². The highest BCUT2D eigenvalue weighted by Crippen LogP contribution is 2.37. The van der Waals surface area contributed by atoms with Crippen LogP contribution in [0.15, 0.2) is 103 Å². The summed E-state index contributed by atoms with van der Waals surface area (Å²) in [6.45, 7) is 8.33. The number of hydrogen-bond donors (Lipinski definition) is 0. The zero-order valence-corrected chi connectivity index (χ0v) is 21.1. The molecule has 1 aromatic heterocycles. The average molecular weight is 472 g/mol. The quantitative estimate of drug-likeness (QED) is 0.275. The van der Waals surface area contributed by atoms with Crippen molar-refractivity contribution in [3.63, 3.8) is 0 Å². The van der Waals surface area contributed by atoms with Gasteiger partial charge in [0.05, 0.1) is 22.2 Å². The Morgan fingerprint density at radius 1 is 0.639 bits per heavy atom. The number of nitrogens with zero attached hydrogens (tertiary/aromatic N) is 2. The molecule has 0 amide bonds. The van der Waals surface area contributed by atoms with E-state index in [0.29, 0.717) is 0 Å². The van der Waals surface area contributed by atoms with Gasteiger partial charge in [0.15, 0.2) is 0 Å². The Balaban J connectivity index is 1.43. The van der Waals surface area contributed by atoms with Gasteiger partial charge in [-0.3, -0.25) is 4.57 Å². The van der Waals surface area contributed by atoms with Crippen molar-refractivity contribution in [2.45, 2.75) is 38.9 Å². The summed E-state index contributed by atoms with van der Waals surface area (Å²) >= 11 is 0. The molecule has 0 atom stereocenters. The summed E-state index contributed by atoms with van der Waals surface area (Å²) in [6, 6.07) is 35.7. The molecule has 5 heteroatoms. The third kappa shape index (κ3) is 3.85. The van der Waals surface area contributed by atoms with Crippen LogP contribution in [0.3, 0.4) is 0 Å². The largest absolute Gasteiger partial charge is 0.494 e. The summed E-state index contributed by atoms with van der Waals surface area (Å²) in [5, 5.41) is 0. The van der Waals surface area contributed by atoms with E-state index in [4.69, 9.17) is 14.3 Å². The Morgan fingerprint density at radius 3 is 2.00 bits per heavy atom. The lowest BCUT2D eigenvalue weighted by atomic mass is 9.78. The van der Waals surface area contributed by atoms with Gasteiger partial charge >= 0.3 is 7.12 Å². The molecule has 1 fully saturated rings. The molecule has 1 aliphatic heterocycles. The second-order valence-corrected chi connectivity index (χ2v) is 10.4. The first-order valence-electron chi connectivity index (χ1n) is 12.4. The first-order valence-corrected chi connectivity index (χ1v) is 12.4. The van der Waals surface area contributed by atoms with Crippen molar-refractivity contribution in [3.05, 3.63) is 103 Å². The average Bonchev–Trinajstić information content (AvgIpc) is 3.38. The molecular weight excluding hydrogens is 443 g/mol. The molecule has 178 valence electrons. The predicted molar refractivity (Wildman–Crippen MR) is 148 cm³/mol. The van der Waals surface area contributed by atoms with Gasteiger partial charge in [0.25, 0.3) is 0 Å². The van der Waals surface area contributed by atoms with Crippen molar-refractivity contribution in [1.29, 1.82) is 0 Å². The molecule has 0 saturated carbocycles. The van der Waals surface area contributed by atoms with Crippen LogP contribution < -0.4 is 5.46 Å². The summed E-state index contributed by atoms with van der Waals surface area (Å²) in [5.74, 6) is 0.930. The molecule has 6 rings (SSSR count). The molecule has 4 nitrogen and oxygen atoms in total. The van der Waals surface area contributed by atoms with Gasteiger partial charge in [-0.25, -0.2) is 4.98 Å². The maximum atomic E-state index is 6.30. The van der Waals surface area contributed by atoms with Crippen LogP contribution in [0.2, 0.25) is 0 Å². The van der Waals surface area contributed by atoms with Crippen molar-refractivity contribution in [2.75, 3.05) is 0 Å². The molecule has 0 N–H and O–H groups in total. The zero-order valence-electron chi connectivity index (χ0n) is 21.1. The Labute approximate surface area is 212 Å². The second kappa shape index (κ2) is 8.47. The van der Waals surface area contributed by atoms with Crippen molar-refractivity contribution >= 4 is 23.6 Å². The maximum Gasteiger partial charge on any atom is 0.494 e. The molecule has 5 aromatic rings. The van der Waals surface area contributed by atoms with E-state index in [1.54, 1.807) is 0 Å². The van der Waals surface area contributed by atoms with Crippen LogP contribution in [0.25, 0.3) is 39.2 Å². The van der Waals surface area contributed by atoms with Gasteiger partial charge < -0.3 is 9.31 Å². The summed E-state index contributed by atoms with van der Waals surface area (Å²) in [7, 11) is -0.389. The summed E-state index contributed by atoms with van der Waals surface area (Å²) in [4.78, 5) is 4.99. The van der Waals surface area contributed by atoms with Crippen LogP contribution in [0.1, 0.15) is 27.7 Å². The van der Waals surface area contributed by atoms with Crippen molar-refractivity contribution in [3.8, 4) is 28.2 Å². The fourth-order valence-electron chi connectivity index (χ4n) is 4.74. The minimum atomic E-state index is -0.389. The number of hydrogen-bond acceptors (Lipinski definition) is 3. The summed E-state index contributed by atoms with van der Waals surface area (Å²) in [5.41, 5.74) is 6.74. The highest BCUT2D eigenvalue weighted by Gasteiger charge is 2.51. The van der Waals surface area contributed by atoms with Gasteiger partial charge in [-0.15, -0.1) is 0 Å². The highest BCUT2D eigenvalue weighted by atomic mass is 16.7. The second-order valence-electron chi connectivity index (χ2n) is 10.4. The van der Waals surface area contributed by atoms with Gasteiger partial charge in [-0.05, 0) is 68.6 Å². The first kappa shape index (κ1) is 22.8. The SMILES string of the molecule is CC1(C)OB(c2cccc(-c3cccc(-n4c(-c5ccccc5)nc5ccccc54)c3)c2)OC1(C)C. The number of para-hydroxylation sites is 2. The molecular formula is C31H29BN2O2. The summed E-state index contributed by atoms with van der Waals surface area (Å²) in [6.07, 6.45) is 0. The lowest BCUT2D eigenvalue weighted by Gasteiger charge is -2.32. The third-order valence-corrected chi connectivity index (χ3v) is 7.44. The molecule has 36 heavy (non-hydrogen) atoms. The molecule has 2 heterocycles. The van der Waals surface area contributed by atoms with E-state index in [9.17, 15) is 0 Å². The molecule has 0 aliphatic carbocycles. The normalized spacial score (nSPS) is 16.5. The number of imidazole rings is 1. The third-order valence-electron chi connectivity index (χ3n) is 7.44. The molecule has 1 saturated heterocycles. The van der Waals surface area contributed by atoms with Crippen LogP contribution >= 0.6 is 0 Å². The van der Waals surface area contributed by atoms with E-state index in [-0.39, 0.29) is 18.3 Å². The number of fused-ring (bicyclic) bond motifs is 1. The molecule has 0 unspecified atom stereocenters. The van der Waals surface area contributed by atoms with Gasteiger partial charge in [0.2, 0.25) is 0 Å². The Kier molecular flexibility index (Phi) is 5.36. The van der Waals surface area contributed by atoms with Gasteiger partial charge in [0.1, 0.15) is 5.82 Å². The van der Waals surface area contributed by atoms with E-state index in [1.165, 1.54) is 0 Å². The maximum absolute atomic E-state index is 6.30. The lowest BCUT2D eigenvalue weighted by Crippen LogP contribution is -2.41. The van der Waals surface area contributed by atoms with Crippen molar-refractivity contribution in [2.24, 2.45) is 0 Å². The highest BCUT2D eigenvalue weighted by molar-refractivity contribution is 6.62. The Bertz CT molecular complexity index is 1540. The van der Waals surface area contributed by atoms with Gasteiger partial charge in [-0.2, -0.15) is 0 Å². The molecule has 0 bridgehead atoms. The van der Waals surface area contributed by atoms with Crippen LogP contribution in [0, 0.1) is 0 Å². The Hall–Kier alpha value is -3.67. The number of benzene rings is 4. The summed E-state index contributed by atoms with van der Waals surface area (Å²) < 4.78 is 14.8. The van der Waals surface area contributed by atoms with Gasteiger partial charge in [-0.1, -0.05) is 78.9 Å². The van der Waals surface area contributed by atoms with Crippen LogP contribution in [0.5, 0.6) is 0 Å². The zero-order chi connectivity index (χ0) is 24.9. The van der Waals surface area contributed by atoms with Crippen LogP contribution in [-0.2, 0) is 9.31 Å². The van der Waals surface area contributed by atoms with Crippen molar-refractivity contribution in [1.82, 2.24) is 9.55 Å². The minimum Gasteiger partial charge on any atom is -0.399 e. The fraction of sp³-hybridized carbons (Fsp3) is 0.194. The number of rotatable bonds is 4. The fourth-order valence-corrected chi connectivity index (χ4v) is 4.74.